The van der Waals surface area contributed by atoms with Crippen molar-refractivity contribution in [3.8, 4) is 0 Å². The van der Waals surface area contributed by atoms with Gasteiger partial charge in [-0.3, -0.25) is 0 Å². The van der Waals surface area contributed by atoms with Crippen LogP contribution in [0.2, 0.25) is 0 Å². The Morgan fingerprint density at radius 3 is 2.71 bits per heavy atom. The van der Waals surface area contributed by atoms with Gasteiger partial charge in [0.15, 0.2) is 0 Å². The van der Waals surface area contributed by atoms with E-state index in [1.807, 2.05) is 12.3 Å². The Bertz CT molecular complexity index is 261. The quantitative estimate of drug-likeness (QED) is 0.741. The van der Waals surface area contributed by atoms with Gasteiger partial charge in [0, 0.05) is 11.9 Å². The number of nitrogens with zero attached hydrogens (tertiary/aromatic N) is 1. The second-order valence-corrected chi connectivity index (χ2v) is 3.49. The summed E-state index contributed by atoms with van der Waals surface area (Å²) in [7, 11) is 0. The first-order valence-electron chi connectivity index (χ1n) is 5.20. The highest BCUT2D eigenvalue weighted by atomic mass is 16.3. The van der Waals surface area contributed by atoms with Gasteiger partial charge >= 0.3 is 0 Å². The molecule has 1 atom stereocenters. The molecule has 1 unspecified atom stereocenters. The molecule has 0 spiro atoms. The molecule has 2 heteroatoms. The molecule has 0 aromatic rings. The fourth-order valence-electron chi connectivity index (χ4n) is 1.68. The lowest BCUT2D eigenvalue weighted by Gasteiger charge is -2.33. The maximum atomic E-state index is 9.22. The van der Waals surface area contributed by atoms with Gasteiger partial charge in [-0.15, -0.1) is 0 Å². The zero-order valence-corrected chi connectivity index (χ0v) is 9.03. The van der Waals surface area contributed by atoms with Crippen molar-refractivity contribution in [2.24, 2.45) is 0 Å². The molecule has 0 bridgehead atoms. The van der Waals surface area contributed by atoms with Gasteiger partial charge in [-0.2, -0.15) is 0 Å². The van der Waals surface area contributed by atoms with E-state index in [1.54, 1.807) is 0 Å². The fraction of sp³-hybridized carbons (Fsp3) is 0.500. The minimum absolute atomic E-state index is 0.161. The maximum absolute atomic E-state index is 9.22. The highest BCUT2D eigenvalue weighted by Crippen LogP contribution is 2.24. The molecule has 0 aromatic carbocycles. The molecule has 0 amide bonds. The molecule has 0 saturated heterocycles. The van der Waals surface area contributed by atoms with Crippen molar-refractivity contribution in [2.45, 2.75) is 32.7 Å². The normalized spacial score (nSPS) is 18.4. The van der Waals surface area contributed by atoms with Crippen LogP contribution in [0.1, 0.15) is 26.7 Å². The number of allylic oxidation sites excluding steroid dienone is 3. The van der Waals surface area contributed by atoms with Crippen molar-refractivity contribution in [3.63, 3.8) is 0 Å². The van der Waals surface area contributed by atoms with Crippen LogP contribution in [0.4, 0.5) is 0 Å². The van der Waals surface area contributed by atoms with Crippen LogP contribution < -0.4 is 0 Å². The lowest BCUT2D eigenvalue weighted by atomic mass is 10.0. The minimum Gasteiger partial charge on any atom is -0.394 e. The summed E-state index contributed by atoms with van der Waals surface area (Å²) < 4.78 is 0. The first kappa shape index (κ1) is 11.1. The SMILES string of the molecule is C=C1C(CC)=CC=CN1C(CC)CO. The largest absolute Gasteiger partial charge is 0.394 e. The Labute approximate surface area is 86.2 Å². The maximum Gasteiger partial charge on any atom is 0.0638 e. The Morgan fingerprint density at radius 2 is 2.21 bits per heavy atom. The zero-order chi connectivity index (χ0) is 10.6. The third-order valence-electron chi connectivity index (χ3n) is 2.68. The molecule has 1 aliphatic rings. The smallest absolute Gasteiger partial charge is 0.0638 e. The van der Waals surface area contributed by atoms with Crippen LogP contribution in [-0.4, -0.2) is 22.7 Å². The summed E-state index contributed by atoms with van der Waals surface area (Å²) in [6, 6.07) is 0.161. The van der Waals surface area contributed by atoms with E-state index < -0.39 is 0 Å². The van der Waals surface area contributed by atoms with Gasteiger partial charge in [-0.1, -0.05) is 26.5 Å². The summed E-state index contributed by atoms with van der Waals surface area (Å²) in [5, 5.41) is 9.22. The van der Waals surface area contributed by atoms with Crippen molar-refractivity contribution >= 4 is 0 Å². The van der Waals surface area contributed by atoms with Gasteiger partial charge < -0.3 is 10.0 Å². The van der Waals surface area contributed by atoms with E-state index in [2.05, 4.69) is 31.4 Å². The fourth-order valence-corrected chi connectivity index (χ4v) is 1.68. The average molecular weight is 193 g/mol. The summed E-state index contributed by atoms with van der Waals surface area (Å²) >= 11 is 0. The van der Waals surface area contributed by atoms with E-state index >= 15 is 0 Å². The summed E-state index contributed by atoms with van der Waals surface area (Å²) in [5.41, 5.74) is 2.27. The van der Waals surface area contributed by atoms with Crippen LogP contribution >= 0.6 is 0 Å². The van der Waals surface area contributed by atoms with Crippen molar-refractivity contribution < 1.29 is 5.11 Å². The molecule has 0 saturated carbocycles. The summed E-state index contributed by atoms with van der Waals surface area (Å²) in [6.45, 7) is 8.43. The molecule has 1 heterocycles. The van der Waals surface area contributed by atoms with Gasteiger partial charge in [0.2, 0.25) is 0 Å². The molecule has 1 N–H and O–H groups in total. The summed E-state index contributed by atoms with van der Waals surface area (Å²) in [4.78, 5) is 2.07. The molecule has 14 heavy (non-hydrogen) atoms. The van der Waals surface area contributed by atoms with E-state index in [9.17, 15) is 5.11 Å². The number of hydrogen-bond acceptors (Lipinski definition) is 2. The lowest BCUT2D eigenvalue weighted by Crippen LogP contribution is -2.33. The molecule has 0 aromatic heterocycles. The molecule has 1 aliphatic heterocycles. The monoisotopic (exact) mass is 193 g/mol. The van der Waals surface area contributed by atoms with Gasteiger partial charge in [-0.25, -0.2) is 0 Å². The molecule has 1 rings (SSSR count). The Balaban J connectivity index is 2.79. The van der Waals surface area contributed by atoms with E-state index in [-0.39, 0.29) is 12.6 Å². The van der Waals surface area contributed by atoms with E-state index in [0.717, 1.165) is 18.5 Å². The Kier molecular flexibility index (Phi) is 3.96. The first-order valence-corrected chi connectivity index (χ1v) is 5.20. The summed E-state index contributed by atoms with van der Waals surface area (Å²) in [6.07, 6.45) is 8.01. The van der Waals surface area contributed by atoms with Crippen LogP contribution in [0.25, 0.3) is 0 Å². The van der Waals surface area contributed by atoms with Crippen LogP contribution in [-0.2, 0) is 0 Å². The van der Waals surface area contributed by atoms with Crippen LogP contribution in [0, 0.1) is 0 Å². The second-order valence-electron chi connectivity index (χ2n) is 3.49. The molecule has 0 radical (unpaired) electrons. The highest BCUT2D eigenvalue weighted by molar-refractivity contribution is 5.36. The van der Waals surface area contributed by atoms with Crippen molar-refractivity contribution in [3.05, 3.63) is 36.2 Å². The molecule has 78 valence electrons. The van der Waals surface area contributed by atoms with Gasteiger partial charge in [0.1, 0.15) is 0 Å². The standard InChI is InChI=1S/C12H19NO/c1-4-11-7-6-8-13(10(11)3)12(5-2)9-14/h6-8,12,14H,3-5,9H2,1-2H3. The van der Waals surface area contributed by atoms with Gasteiger partial charge in [-0.05, 0) is 24.5 Å². The van der Waals surface area contributed by atoms with E-state index in [4.69, 9.17) is 0 Å². The molecular weight excluding hydrogens is 174 g/mol. The third-order valence-corrected chi connectivity index (χ3v) is 2.68. The Hall–Kier alpha value is -1.02. The number of aliphatic hydroxyl groups excluding tert-OH is 1. The van der Waals surface area contributed by atoms with Crippen molar-refractivity contribution in [2.75, 3.05) is 6.61 Å². The molecular formula is C12H19NO. The highest BCUT2D eigenvalue weighted by Gasteiger charge is 2.18. The average Bonchev–Trinajstić information content (AvgIpc) is 2.22. The number of hydrogen-bond donors (Lipinski definition) is 1. The molecule has 0 fully saturated rings. The third kappa shape index (κ3) is 2.07. The number of rotatable bonds is 4. The molecule has 2 nitrogen and oxygen atoms in total. The van der Waals surface area contributed by atoms with Gasteiger partial charge in [0.05, 0.1) is 12.6 Å². The van der Waals surface area contributed by atoms with E-state index in [1.165, 1.54) is 5.57 Å². The Morgan fingerprint density at radius 1 is 1.50 bits per heavy atom. The summed E-state index contributed by atoms with van der Waals surface area (Å²) in [5.74, 6) is 0. The number of aliphatic hydroxyl groups is 1. The van der Waals surface area contributed by atoms with Crippen LogP contribution in [0.3, 0.4) is 0 Å². The van der Waals surface area contributed by atoms with Gasteiger partial charge in [0.25, 0.3) is 0 Å². The van der Waals surface area contributed by atoms with Crippen molar-refractivity contribution in [1.29, 1.82) is 0 Å². The zero-order valence-electron chi connectivity index (χ0n) is 9.03. The van der Waals surface area contributed by atoms with Crippen LogP contribution in [0.5, 0.6) is 0 Å². The van der Waals surface area contributed by atoms with Crippen LogP contribution in [0.15, 0.2) is 36.2 Å². The lowest BCUT2D eigenvalue weighted by molar-refractivity contribution is 0.185. The van der Waals surface area contributed by atoms with E-state index in [0.29, 0.717) is 0 Å². The predicted octanol–water partition coefficient (Wildman–Crippen LogP) is 2.44. The molecule has 0 aliphatic carbocycles. The first-order chi connectivity index (χ1) is 6.74. The topological polar surface area (TPSA) is 23.5 Å². The van der Waals surface area contributed by atoms with Crippen molar-refractivity contribution in [1.82, 2.24) is 4.90 Å². The second kappa shape index (κ2) is 5.01. The minimum atomic E-state index is 0.161. The predicted molar refractivity (Wildman–Crippen MR) is 59.7 cm³/mol.